The highest BCUT2D eigenvalue weighted by atomic mass is 16.3. The van der Waals surface area contributed by atoms with E-state index in [0.717, 1.165) is 5.56 Å². The molecular weight excluding hydrogens is 308 g/mol. The van der Waals surface area contributed by atoms with Crippen molar-refractivity contribution in [2.45, 2.75) is 12.6 Å². The number of amides is 2. The van der Waals surface area contributed by atoms with Gasteiger partial charge in [0.05, 0.1) is 23.8 Å². The van der Waals surface area contributed by atoms with Crippen LogP contribution in [-0.4, -0.2) is 47.9 Å². The van der Waals surface area contributed by atoms with E-state index < -0.39 is 0 Å². The van der Waals surface area contributed by atoms with E-state index in [1.54, 1.807) is 19.3 Å². The van der Waals surface area contributed by atoms with Gasteiger partial charge < -0.3 is 15.1 Å². The predicted molar refractivity (Wildman–Crippen MR) is 87.0 cm³/mol. The minimum atomic E-state index is -0.289. The number of hydrogen-bond acceptors (Lipinski definition) is 5. The lowest BCUT2D eigenvalue weighted by Gasteiger charge is -2.18. The average molecular weight is 328 g/mol. The van der Waals surface area contributed by atoms with Crippen LogP contribution in [0.4, 0.5) is 0 Å². The van der Waals surface area contributed by atoms with Gasteiger partial charge in [0.1, 0.15) is 6.26 Å². The Morgan fingerprint density at radius 1 is 1.38 bits per heavy atom. The van der Waals surface area contributed by atoms with Gasteiger partial charge in [0.15, 0.2) is 0 Å². The molecule has 2 N–H and O–H groups in total. The van der Waals surface area contributed by atoms with E-state index in [9.17, 15) is 9.59 Å². The molecule has 2 aromatic rings. The number of hydrogen-bond donors (Lipinski definition) is 2. The van der Waals surface area contributed by atoms with Crippen LogP contribution in [0.15, 0.2) is 47.5 Å². The molecule has 1 aliphatic rings. The first-order valence-corrected chi connectivity index (χ1v) is 7.83. The molecule has 1 aliphatic heterocycles. The maximum absolute atomic E-state index is 12.3. The van der Waals surface area contributed by atoms with Gasteiger partial charge in [0.25, 0.3) is 5.91 Å². The van der Waals surface area contributed by atoms with E-state index in [2.05, 4.69) is 20.5 Å². The maximum atomic E-state index is 12.3. The molecule has 7 nitrogen and oxygen atoms in total. The Morgan fingerprint density at radius 3 is 2.92 bits per heavy atom. The number of pyridine rings is 1. The molecule has 0 aliphatic carbocycles. The summed E-state index contributed by atoms with van der Waals surface area (Å²) in [5, 5.41) is 5.63. The van der Waals surface area contributed by atoms with Crippen LogP contribution in [0.1, 0.15) is 15.9 Å². The fourth-order valence-electron chi connectivity index (χ4n) is 3.01. The van der Waals surface area contributed by atoms with Gasteiger partial charge in [-0.15, -0.1) is 0 Å². The summed E-state index contributed by atoms with van der Waals surface area (Å²) in [4.78, 5) is 30.7. The molecule has 1 saturated heterocycles. The molecule has 126 valence electrons. The smallest absolute Gasteiger partial charge is 0.254 e. The number of carbonyl (C=O) groups excluding carboxylic acids is 2. The lowest BCUT2D eigenvalue weighted by molar-refractivity contribution is -0.124. The molecule has 7 heteroatoms. The average Bonchev–Trinajstić information content (AvgIpc) is 3.25. The summed E-state index contributed by atoms with van der Waals surface area (Å²) in [7, 11) is 1.61. The summed E-state index contributed by atoms with van der Waals surface area (Å²) < 4.78 is 4.94. The van der Waals surface area contributed by atoms with Crippen molar-refractivity contribution < 1.29 is 14.0 Å². The lowest BCUT2D eigenvalue weighted by atomic mass is 10.0. The van der Waals surface area contributed by atoms with Crippen LogP contribution < -0.4 is 10.6 Å². The third-order valence-electron chi connectivity index (χ3n) is 4.21. The van der Waals surface area contributed by atoms with E-state index in [1.807, 2.05) is 18.3 Å². The molecule has 0 saturated carbocycles. The Labute approximate surface area is 140 Å². The zero-order valence-electron chi connectivity index (χ0n) is 13.4. The quantitative estimate of drug-likeness (QED) is 0.841. The van der Waals surface area contributed by atoms with Crippen LogP contribution in [0.5, 0.6) is 0 Å². The highest BCUT2D eigenvalue weighted by molar-refractivity contribution is 5.94. The highest BCUT2D eigenvalue weighted by Gasteiger charge is 2.38. The molecule has 0 unspecified atom stereocenters. The van der Waals surface area contributed by atoms with Gasteiger partial charge in [-0.05, 0) is 17.7 Å². The molecule has 1 fully saturated rings. The molecule has 24 heavy (non-hydrogen) atoms. The second-order valence-corrected chi connectivity index (χ2v) is 5.87. The monoisotopic (exact) mass is 328 g/mol. The number of aromatic nitrogens is 1. The van der Waals surface area contributed by atoms with Crippen LogP contribution in [0, 0.1) is 5.92 Å². The zero-order valence-corrected chi connectivity index (χ0v) is 13.4. The maximum Gasteiger partial charge on any atom is 0.254 e. The summed E-state index contributed by atoms with van der Waals surface area (Å²) in [5.74, 6) is -0.588. The number of nitrogens with one attached hydrogen (secondary N) is 2. The van der Waals surface area contributed by atoms with Gasteiger partial charge in [-0.1, -0.05) is 6.07 Å². The minimum absolute atomic E-state index is 0.0684. The SMILES string of the molecule is CNC(=O)[C@H]1CN(Cc2cccnc2)C[C@@H]1NC(=O)c1ccoc1. The molecular formula is C17H20N4O3. The molecule has 3 rings (SSSR count). The zero-order chi connectivity index (χ0) is 16.9. The predicted octanol–water partition coefficient (Wildman–Crippen LogP) is 0.651. The Bertz CT molecular complexity index is 687. The van der Waals surface area contributed by atoms with Crippen LogP contribution in [0.2, 0.25) is 0 Å². The Morgan fingerprint density at radius 2 is 2.25 bits per heavy atom. The van der Waals surface area contributed by atoms with Crippen molar-refractivity contribution >= 4 is 11.8 Å². The normalized spacial score (nSPS) is 20.7. The van der Waals surface area contributed by atoms with Crippen molar-refractivity contribution in [2.75, 3.05) is 20.1 Å². The van der Waals surface area contributed by atoms with Crippen molar-refractivity contribution in [1.29, 1.82) is 0 Å². The lowest BCUT2D eigenvalue weighted by Crippen LogP contribution is -2.45. The van der Waals surface area contributed by atoms with Crippen LogP contribution in [0.25, 0.3) is 0 Å². The summed E-state index contributed by atoms with van der Waals surface area (Å²) in [6.07, 6.45) is 6.39. The first-order chi connectivity index (χ1) is 11.7. The molecule has 0 spiro atoms. The fourth-order valence-corrected chi connectivity index (χ4v) is 3.01. The fraction of sp³-hybridized carbons (Fsp3) is 0.353. The van der Waals surface area contributed by atoms with Gasteiger partial charge in [0.2, 0.25) is 5.91 Å². The summed E-state index contributed by atoms with van der Waals surface area (Å²) >= 11 is 0. The Balaban J connectivity index is 1.68. The van der Waals surface area contributed by atoms with Crippen LogP contribution in [-0.2, 0) is 11.3 Å². The molecule has 2 amide bonds. The van der Waals surface area contributed by atoms with Crippen molar-refractivity contribution in [3.05, 3.63) is 54.2 Å². The van der Waals surface area contributed by atoms with E-state index in [-0.39, 0.29) is 23.8 Å². The van der Waals surface area contributed by atoms with Crippen molar-refractivity contribution in [1.82, 2.24) is 20.5 Å². The molecule has 0 radical (unpaired) electrons. The number of likely N-dealkylation sites (tertiary alicyclic amines) is 1. The third kappa shape index (κ3) is 3.62. The van der Waals surface area contributed by atoms with Crippen molar-refractivity contribution in [3.8, 4) is 0 Å². The van der Waals surface area contributed by atoms with Crippen LogP contribution >= 0.6 is 0 Å². The molecule has 2 aromatic heterocycles. The standard InChI is InChI=1S/C17H20N4O3/c1-18-17(23)14-9-21(8-12-3-2-5-19-7-12)10-15(14)20-16(22)13-4-6-24-11-13/h2-7,11,14-15H,8-10H2,1H3,(H,18,23)(H,20,22)/t14-,15-/m0/s1. The van der Waals surface area contributed by atoms with Crippen molar-refractivity contribution in [3.63, 3.8) is 0 Å². The highest BCUT2D eigenvalue weighted by Crippen LogP contribution is 2.20. The van der Waals surface area contributed by atoms with Gasteiger partial charge in [-0.3, -0.25) is 19.5 Å². The van der Waals surface area contributed by atoms with E-state index in [1.165, 1.54) is 12.5 Å². The van der Waals surface area contributed by atoms with Gasteiger partial charge in [-0.25, -0.2) is 0 Å². The second kappa shape index (κ2) is 7.27. The number of nitrogens with zero attached hydrogens (tertiary/aromatic N) is 2. The summed E-state index contributed by atoms with van der Waals surface area (Å²) in [5.41, 5.74) is 1.53. The molecule has 2 atom stereocenters. The Hall–Kier alpha value is -2.67. The van der Waals surface area contributed by atoms with E-state index in [0.29, 0.717) is 25.2 Å². The summed E-state index contributed by atoms with van der Waals surface area (Å²) in [6.45, 7) is 1.89. The number of rotatable bonds is 5. The van der Waals surface area contributed by atoms with Gasteiger partial charge >= 0.3 is 0 Å². The summed E-state index contributed by atoms with van der Waals surface area (Å²) in [6, 6.07) is 5.25. The van der Waals surface area contributed by atoms with Crippen molar-refractivity contribution in [2.24, 2.45) is 5.92 Å². The number of furan rings is 1. The van der Waals surface area contributed by atoms with E-state index in [4.69, 9.17) is 4.42 Å². The third-order valence-corrected chi connectivity index (χ3v) is 4.21. The molecule has 0 aromatic carbocycles. The number of carbonyl (C=O) groups is 2. The first-order valence-electron chi connectivity index (χ1n) is 7.83. The van der Waals surface area contributed by atoms with Gasteiger partial charge in [0, 0.05) is 39.1 Å². The minimum Gasteiger partial charge on any atom is -0.472 e. The van der Waals surface area contributed by atoms with E-state index >= 15 is 0 Å². The topological polar surface area (TPSA) is 87.5 Å². The first kappa shape index (κ1) is 16.2. The largest absolute Gasteiger partial charge is 0.472 e. The Kier molecular flexibility index (Phi) is 4.90. The second-order valence-electron chi connectivity index (χ2n) is 5.87. The van der Waals surface area contributed by atoms with Crippen LogP contribution in [0.3, 0.4) is 0 Å². The molecule has 3 heterocycles. The molecule has 0 bridgehead atoms. The van der Waals surface area contributed by atoms with Gasteiger partial charge in [-0.2, -0.15) is 0 Å².